The zero-order valence-electron chi connectivity index (χ0n) is 21.9. The highest BCUT2D eigenvalue weighted by molar-refractivity contribution is 7.47. The van der Waals surface area contributed by atoms with E-state index in [9.17, 15) is 23.5 Å². The van der Waals surface area contributed by atoms with Crippen molar-refractivity contribution in [1.82, 2.24) is 0 Å². The number of hydrogen-bond donors (Lipinski definition) is 5. The van der Waals surface area contributed by atoms with Gasteiger partial charge in [-0.15, -0.1) is 0 Å². The van der Waals surface area contributed by atoms with Gasteiger partial charge in [-0.1, -0.05) is 6.92 Å². The van der Waals surface area contributed by atoms with Crippen LogP contribution in [0.25, 0.3) is 0 Å². The molecule has 3 unspecified atom stereocenters. The topological polar surface area (TPSA) is 250 Å². The van der Waals surface area contributed by atoms with E-state index < -0.39 is 36.2 Å². The lowest BCUT2D eigenvalue weighted by atomic mass is 10.3. The Morgan fingerprint density at radius 1 is 0.564 bits per heavy atom. The second-order valence-electron chi connectivity index (χ2n) is 7.21. The minimum absolute atomic E-state index is 0.0108. The van der Waals surface area contributed by atoms with E-state index >= 15 is 0 Å². The zero-order valence-corrected chi connectivity index (χ0v) is 24.6. The summed E-state index contributed by atoms with van der Waals surface area (Å²) < 4.78 is 83.3. The van der Waals surface area contributed by atoms with Crippen LogP contribution < -0.4 is 5.73 Å². The predicted molar refractivity (Wildman–Crippen MR) is 134 cm³/mol. The summed E-state index contributed by atoms with van der Waals surface area (Å²) in [7, 11) is -13.3. The average molecular weight is 637 g/mol. The first-order valence-corrected chi connectivity index (χ1v) is 16.5. The molecule has 6 N–H and O–H groups in total. The quantitative estimate of drug-likeness (QED) is 0.0542. The standard InChI is InChI=1S/C18H42NO17P3/c1-2-18(17-35-37(20,21)22)36-39(25,26)34-16-14-31-12-10-29-8-6-27-5-7-28-9-11-30-13-15-33-38(23,24)32-4-3-19/h18H,2-17,19H2,1H3,(H,23,24)(H,25,26)(H2,20,21,22). The summed E-state index contributed by atoms with van der Waals surface area (Å²) in [6.45, 7) is 3.16. The summed E-state index contributed by atoms with van der Waals surface area (Å²) in [5.41, 5.74) is 5.16. The highest BCUT2D eigenvalue weighted by Crippen LogP contribution is 2.46. The maximum absolute atomic E-state index is 11.9. The zero-order chi connectivity index (χ0) is 29.5. The van der Waals surface area contributed by atoms with Crippen molar-refractivity contribution in [2.24, 2.45) is 5.73 Å². The molecule has 0 fully saturated rings. The lowest BCUT2D eigenvalue weighted by molar-refractivity contribution is -0.0160. The number of nitrogens with two attached hydrogens (primary N) is 1. The summed E-state index contributed by atoms with van der Waals surface area (Å²) >= 11 is 0. The third-order valence-electron chi connectivity index (χ3n) is 3.99. The van der Waals surface area contributed by atoms with Crippen LogP contribution in [0.1, 0.15) is 13.3 Å². The molecule has 0 saturated carbocycles. The molecule has 0 amide bonds. The van der Waals surface area contributed by atoms with E-state index in [2.05, 4.69) is 13.6 Å². The van der Waals surface area contributed by atoms with Crippen LogP contribution in [0.5, 0.6) is 0 Å². The van der Waals surface area contributed by atoms with E-state index in [0.717, 1.165) is 0 Å². The van der Waals surface area contributed by atoms with E-state index in [1.165, 1.54) is 0 Å². The third kappa shape index (κ3) is 28.0. The van der Waals surface area contributed by atoms with Crippen molar-refractivity contribution in [1.29, 1.82) is 0 Å². The van der Waals surface area contributed by atoms with E-state index in [1.807, 2.05) is 0 Å². The van der Waals surface area contributed by atoms with E-state index in [1.54, 1.807) is 6.92 Å². The Hall–Kier alpha value is 0.0900. The van der Waals surface area contributed by atoms with Crippen LogP contribution in [0.4, 0.5) is 0 Å². The first-order chi connectivity index (χ1) is 18.4. The number of rotatable bonds is 29. The van der Waals surface area contributed by atoms with Crippen molar-refractivity contribution in [3.63, 3.8) is 0 Å². The van der Waals surface area contributed by atoms with E-state index in [4.69, 9.17) is 48.3 Å². The minimum atomic E-state index is -4.72. The summed E-state index contributed by atoms with van der Waals surface area (Å²) in [6, 6.07) is 0. The van der Waals surface area contributed by atoms with Gasteiger partial charge in [-0.05, 0) is 6.42 Å². The Kier molecular flexibility index (Phi) is 23.7. The van der Waals surface area contributed by atoms with E-state index in [-0.39, 0.29) is 65.8 Å². The molecule has 0 aliphatic rings. The highest BCUT2D eigenvalue weighted by Gasteiger charge is 2.28. The van der Waals surface area contributed by atoms with Gasteiger partial charge < -0.3 is 49.0 Å². The Morgan fingerprint density at radius 3 is 1.28 bits per heavy atom. The lowest BCUT2D eigenvalue weighted by Gasteiger charge is -2.19. The molecule has 0 aromatic heterocycles. The van der Waals surface area contributed by atoms with Crippen molar-refractivity contribution in [3.05, 3.63) is 0 Å². The van der Waals surface area contributed by atoms with Crippen LogP contribution >= 0.6 is 23.5 Å². The maximum atomic E-state index is 11.9. The molecule has 0 rings (SSSR count). The van der Waals surface area contributed by atoms with Gasteiger partial charge >= 0.3 is 23.5 Å². The molecule has 0 radical (unpaired) electrons. The van der Waals surface area contributed by atoms with E-state index in [0.29, 0.717) is 33.0 Å². The van der Waals surface area contributed by atoms with Crippen molar-refractivity contribution >= 4 is 23.5 Å². The Balaban J connectivity index is 3.48. The molecule has 18 nitrogen and oxygen atoms in total. The summed E-state index contributed by atoms with van der Waals surface area (Å²) in [6.07, 6.45) is -0.878. The third-order valence-corrected chi connectivity index (χ3v) is 6.57. The van der Waals surface area contributed by atoms with Gasteiger partial charge in [0.25, 0.3) is 0 Å². The normalized spacial score (nSPS) is 16.2. The molecule has 0 heterocycles. The maximum Gasteiger partial charge on any atom is 0.472 e. The van der Waals surface area contributed by atoms with Gasteiger partial charge in [0.05, 0.1) is 98.6 Å². The van der Waals surface area contributed by atoms with Crippen molar-refractivity contribution in [2.75, 3.05) is 99.0 Å². The molecule has 0 spiro atoms. The molecule has 3 atom stereocenters. The number of phosphoric acid groups is 3. The first-order valence-electron chi connectivity index (χ1n) is 12.0. The first kappa shape index (κ1) is 39.1. The van der Waals surface area contributed by atoms with Crippen molar-refractivity contribution < 1.29 is 79.6 Å². The second kappa shape index (κ2) is 23.6. The number of ether oxygens (including phenoxy) is 5. The summed E-state index contributed by atoms with van der Waals surface area (Å²) in [4.78, 5) is 36.3. The van der Waals surface area contributed by atoms with Gasteiger partial charge in [-0.2, -0.15) is 0 Å². The predicted octanol–water partition coefficient (Wildman–Crippen LogP) is 0.183. The fourth-order valence-electron chi connectivity index (χ4n) is 2.23. The minimum Gasteiger partial charge on any atom is -0.377 e. The van der Waals surface area contributed by atoms with Crippen LogP contribution in [-0.2, 0) is 60.0 Å². The Labute approximate surface area is 227 Å². The van der Waals surface area contributed by atoms with Gasteiger partial charge in [0.15, 0.2) is 0 Å². The molecule has 236 valence electrons. The molecule has 0 aliphatic heterocycles. The Morgan fingerprint density at radius 2 is 0.923 bits per heavy atom. The molecule has 0 aliphatic carbocycles. The molecule has 0 aromatic rings. The smallest absolute Gasteiger partial charge is 0.377 e. The molecule has 0 saturated heterocycles. The van der Waals surface area contributed by atoms with Gasteiger partial charge in [0, 0.05) is 6.54 Å². The average Bonchev–Trinajstić information content (AvgIpc) is 2.86. The van der Waals surface area contributed by atoms with Gasteiger partial charge in [0.1, 0.15) is 0 Å². The summed E-state index contributed by atoms with van der Waals surface area (Å²) in [5, 5.41) is 0. The van der Waals surface area contributed by atoms with Crippen molar-refractivity contribution in [2.45, 2.75) is 19.4 Å². The largest absolute Gasteiger partial charge is 0.472 e. The molecule has 39 heavy (non-hydrogen) atoms. The highest BCUT2D eigenvalue weighted by atomic mass is 31.2. The fourth-order valence-corrected chi connectivity index (χ4v) is 4.26. The summed E-state index contributed by atoms with van der Waals surface area (Å²) in [5.74, 6) is 0. The number of phosphoric ester groups is 3. The van der Waals surface area contributed by atoms with Crippen LogP contribution in [-0.4, -0.2) is 125 Å². The van der Waals surface area contributed by atoms with Gasteiger partial charge in [0.2, 0.25) is 0 Å². The number of hydrogen-bond acceptors (Lipinski definition) is 14. The van der Waals surface area contributed by atoms with Gasteiger partial charge in [-0.25, -0.2) is 13.7 Å². The SMILES string of the molecule is CCC(COP(=O)(O)O)OP(=O)(O)OCCOCCOCCOCCOCCOCCOP(=O)(O)OCCN. The lowest BCUT2D eigenvalue weighted by Crippen LogP contribution is -2.18. The van der Waals surface area contributed by atoms with Crippen LogP contribution in [0.15, 0.2) is 0 Å². The van der Waals surface area contributed by atoms with Crippen LogP contribution in [0.3, 0.4) is 0 Å². The van der Waals surface area contributed by atoms with Crippen LogP contribution in [0.2, 0.25) is 0 Å². The molecule has 21 heteroatoms. The molecule has 0 bridgehead atoms. The molecular weight excluding hydrogens is 595 g/mol. The van der Waals surface area contributed by atoms with Gasteiger partial charge in [-0.3, -0.25) is 22.6 Å². The molecule has 0 aromatic carbocycles. The molecular formula is C18H42NO17P3. The fraction of sp³-hybridized carbons (Fsp3) is 1.00. The van der Waals surface area contributed by atoms with Crippen LogP contribution in [0, 0.1) is 0 Å². The van der Waals surface area contributed by atoms with Crippen molar-refractivity contribution in [3.8, 4) is 0 Å². The monoisotopic (exact) mass is 637 g/mol. The second-order valence-corrected chi connectivity index (χ2v) is 11.3. The Bertz CT molecular complexity index is 727.